The number of methoxy groups -OCH3 is 1. The van der Waals surface area contributed by atoms with Gasteiger partial charge in [0.25, 0.3) is 0 Å². The third-order valence-electron chi connectivity index (χ3n) is 3.69. The largest absolute Gasteiger partial charge is 0.382 e. The lowest BCUT2D eigenvalue weighted by molar-refractivity contribution is -0.00329. The molecule has 2 amide bonds. The predicted octanol–water partition coefficient (Wildman–Crippen LogP) is 1.30. The average molecular weight is 287 g/mol. The van der Waals surface area contributed by atoms with E-state index in [1.165, 1.54) is 0 Å². The summed E-state index contributed by atoms with van der Waals surface area (Å²) in [6, 6.07) is 0.0197. The van der Waals surface area contributed by atoms with Crippen molar-refractivity contribution < 1.29 is 14.3 Å². The van der Waals surface area contributed by atoms with Crippen LogP contribution in [0.3, 0.4) is 0 Å². The van der Waals surface area contributed by atoms with E-state index < -0.39 is 0 Å². The van der Waals surface area contributed by atoms with E-state index in [0.717, 1.165) is 12.8 Å². The van der Waals surface area contributed by atoms with E-state index in [2.05, 4.69) is 33.0 Å². The Hall–Kier alpha value is -0.850. The first-order valence-electron chi connectivity index (χ1n) is 7.11. The Morgan fingerprint density at radius 1 is 1.25 bits per heavy atom. The van der Waals surface area contributed by atoms with Gasteiger partial charge in [0.2, 0.25) is 0 Å². The monoisotopic (exact) mass is 287 g/mol. The normalized spacial score (nSPS) is 21.8. The van der Waals surface area contributed by atoms with Crippen LogP contribution in [0.1, 0.15) is 40.5 Å². The third kappa shape index (κ3) is 4.33. The molecule has 0 spiro atoms. The Morgan fingerprint density at radius 2 is 1.80 bits per heavy atom. The Morgan fingerprint density at radius 3 is 2.30 bits per heavy atom. The molecule has 6 heteroatoms. The van der Waals surface area contributed by atoms with Gasteiger partial charge in [0.05, 0.1) is 13.2 Å². The molecule has 118 valence electrons. The van der Waals surface area contributed by atoms with Crippen LogP contribution in [0.2, 0.25) is 0 Å². The van der Waals surface area contributed by atoms with E-state index in [1.54, 1.807) is 7.11 Å². The number of rotatable bonds is 5. The predicted molar refractivity (Wildman–Crippen MR) is 78.4 cm³/mol. The van der Waals surface area contributed by atoms with Gasteiger partial charge in [-0.3, -0.25) is 0 Å². The van der Waals surface area contributed by atoms with Crippen LogP contribution in [0.15, 0.2) is 0 Å². The second kappa shape index (κ2) is 6.74. The smallest absolute Gasteiger partial charge is 0.320 e. The maximum Gasteiger partial charge on any atom is 0.320 e. The van der Waals surface area contributed by atoms with Gasteiger partial charge < -0.3 is 25.4 Å². The number of hydrogen-bond donors (Lipinski definition) is 2. The van der Waals surface area contributed by atoms with Gasteiger partial charge in [0.15, 0.2) is 0 Å². The zero-order valence-electron chi connectivity index (χ0n) is 13.4. The Labute approximate surface area is 122 Å². The van der Waals surface area contributed by atoms with E-state index in [-0.39, 0.29) is 29.9 Å². The Kier molecular flexibility index (Phi) is 5.79. The van der Waals surface area contributed by atoms with Crippen molar-refractivity contribution in [1.82, 2.24) is 10.2 Å². The first-order chi connectivity index (χ1) is 9.20. The van der Waals surface area contributed by atoms with Gasteiger partial charge in [-0.05, 0) is 40.5 Å². The summed E-state index contributed by atoms with van der Waals surface area (Å²) < 4.78 is 10.2. The summed E-state index contributed by atoms with van der Waals surface area (Å²) in [6.45, 7) is 9.40. The second-order valence-electron chi connectivity index (χ2n) is 6.66. The number of ether oxygens (including phenoxy) is 2. The van der Waals surface area contributed by atoms with Crippen molar-refractivity contribution in [2.75, 3.05) is 27.1 Å². The molecule has 6 nitrogen and oxygen atoms in total. The molecule has 1 heterocycles. The second-order valence-corrected chi connectivity index (χ2v) is 6.66. The molecule has 1 saturated heterocycles. The molecule has 0 aromatic rings. The third-order valence-corrected chi connectivity index (χ3v) is 3.69. The summed E-state index contributed by atoms with van der Waals surface area (Å²) in [6.07, 6.45) is 1.60. The lowest BCUT2D eigenvalue weighted by Gasteiger charge is -2.54. The molecule has 1 aliphatic heterocycles. The van der Waals surface area contributed by atoms with Crippen LogP contribution in [0.25, 0.3) is 0 Å². The van der Waals surface area contributed by atoms with Crippen molar-refractivity contribution >= 4 is 6.03 Å². The number of nitrogens with zero attached hydrogens (tertiary/aromatic N) is 1. The molecule has 20 heavy (non-hydrogen) atoms. The highest BCUT2D eigenvalue weighted by Crippen LogP contribution is 2.37. The van der Waals surface area contributed by atoms with Gasteiger partial charge in [-0.1, -0.05) is 0 Å². The van der Waals surface area contributed by atoms with Gasteiger partial charge in [-0.15, -0.1) is 0 Å². The van der Waals surface area contributed by atoms with Crippen molar-refractivity contribution in [3.05, 3.63) is 0 Å². The summed E-state index contributed by atoms with van der Waals surface area (Å²) in [4.78, 5) is 14.3. The molecular formula is C14H29N3O3. The topological polar surface area (TPSA) is 76.8 Å². The molecule has 1 rings (SSSR count). The molecule has 3 N–H and O–H groups in total. The molecule has 1 fully saturated rings. The lowest BCUT2D eigenvalue weighted by Crippen LogP contribution is -2.67. The van der Waals surface area contributed by atoms with Gasteiger partial charge in [0, 0.05) is 24.2 Å². The highest BCUT2D eigenvalue weighted by Gasteiger charge is 2.46. The minimum absolute atomic E-state index is 0.107. The maximum atomic E-state index is 12.4. The van der Waals surface area contributed by atoms with Crippen LogP contribution in [0.5, 0.6) is 0 Å². The number of carbonyl (C=O) groups is 1. The first-order valence-corrected chi connectivity index (χ1v) is 7.11. The number of likely N-dealkylation sites (tertiary alicyclic amines) is 1. The molecule has 0 radical (unpaired) electrons. The number of hydrogen-bond acceptors (Lipinski definition) is 4. The number of nitrogens with one attached hydrogen (secondary N) is 1. The summed E-state index contributed by atoms with van der Waals surface area (Å²) >= 11 is 0. The Bertz CT molecular complexity index is 314. The minimum atomic E-state index is -0.266. The van der Waals surface area contributed by atoms with Crippen LogP contribution in [0, 0.1) is 0 Å². The molecule has 1 aliphatic rings. The summed E-state index contributed by atoms with van der Waals surface area (Å²) in [5.74, 6) is 0. The van der Waals surface area contributed by atoms with Gasteiger partial charge in [-0.2, -0.15) is 0 Å². The van der Waals surface area contributed by atoms with Crippen molar-refractivity contribution in [3.63, 3.8) is 0 Å². The number of piperidine rings is 1. The zero-order chi connectivity index (χ0) is 15.4. The summed E-state index contributed by atoms with van der Waals surface area (Å²) in [5.41, 5.74) is 5.57. The SMILES string of the molecule is COCCOCNC(=O)N1C(C)(C)CC(N)CC1(C)C. The maximum absolute atomic E-state index is 12.4. The van der Waals surface area contributed by atoms with Gasteiger partial charge >= 0.3 is 6.03 Å². The van der Waals surface area contributed by atoms with Crippen molar-refractivity contribution in [2.45, 2.75) is 57.7 Å². The first kappa shape index (κ1) is 17.2. The quantitative estimate of drug-likeness (QED) is 0.590. The molecule has 0 aliphatic carbocycles. The van der Waals surface area contributed by atoms with Crippen LogP contribution < -0.4 is 11.1 Å². The molecule has 0 aromatic carbocycles. The molecule has 0 saturated carbocycles. The number of urea groups is 1. The van der Waals surface area contributed by atoms with Crippen LogP contribution in [-0.4, -0.2) is 55.1 Å². The molecular weight excluding hydrogens is 258 g/mol. The highest BCUT2D eigenvalue weighted by molar-refractivity contribution is 5.76. The molecule has 0 aromatic heterocycles. The minimum Gasteiger partial charge on any atom is -0.382 e. The van der Waals surface area contributed by atoms with Crippen LogP contribution >= 0.6 is 0 Å². The van der Waals surface area contributed by atoms with Gasteiger partial charge in [0.1, 0.15) is 6.73 Å². The summed E-state index contributed by atoms with van der Waals surface area (Å²) in [5, 5.41) is 2.81. The van der Waals surface area contributed by atoms with Crippen molar-refractivity contribution in [2.24, 2.45) is 5.73 Å². The van der Waals surface area contributed by atoms with E-state index in [4.69, 9.17) is 15.2 Å². The van der Waals surface area contributed by atoms with E-state index in [0.29, 0.717) is 13.2 Å². The van der Waals surface area contributed by atoms with Crippen molar-refractivity contribution in [1.29, 1.82) is 0 Å². The van der Waals surface area contributed by atoms with Crippen molar-refractivity contribution in [3.8, 4) is 0 Å². The van der Waals surface area contributed by atoms with E-state index in [1.807, 2.05) is 4.90 Å². The lowest BCUT2D eigenvalue weighted by atomic mass is 9.77. The number of nitrogens with two attached hydrogens (primary N) is 1. The number of amides is 2. The zero-order valence-corrected chi connectivity index (χ0v) is 13.4. The standard InChI is InChI=1S/C14H29N3O3/c1-13(2)8-11(15)9-14(3,4)17(13)12(18)16-10-20-7-6-19-5/h11H,6-10,15H2,1-5H3,(H,16,18). The number of carbonyl (C=O) groups excluding carboxylic acids is 1. The molecule has 0 bridgehead atoms. The summed E-state index contributed by atoms with van der Waals surface area (Å²) in [7, 11) is 1.62. The highest BCUT2D eigenvalue weighted by atomic mass is 16.5. The van der Waals surface area contributed by atoms with Crippen LogP contribution in [-0.2, 0) is 9.47 Å². The molecule has 0 atom stereocenters. The van der Waals surface area contributed by atoms with Crippen LogP contribution in [0.4, 0.5) is 4.79 Å². The molecule has 0 unspecified atom stereocenters. The van der Waals surface area contributed by atoms with Gasteiger partial charge in [-0.25, -0.2) is 4.79 Å². The van der Waals surface area contributed by atoms with E-state index >= 15 is 0 Å². The Balaban J connectivity index is 2.59. The van der Waals surface area contributed by atoms with E-state index in [9.17, 15) is 4.79 Å². The fourth-order valence-corrected chi connectivity index (χ4v) is 3.31. The average Bonchev–Trinajstić information content (AvgIpc) is 2.24. The fourth-order valence-electron chi connectivity index (χ4n) is 3.31. The fraction of sp³-hybridized carbons (Fsp3) is 0.929.